The van der Waals surface area contributed by atoms with Gasteiger partial charge in [-0.3, -0.25) is 4.79 Å². The Balaban J connectivity index is 1.69. The molecule has 1 saturated heterocycles. The summed E-state index contributed by atoms with van der Waals surface area (Å²) in [5.41, 5.74) is 2.68. The van der Waals surface area contributed by atoms with Crippen LogP contribution in [0, 0.1) is 0 Å². The molecule has 0 radical (unpaired) electrons. The summed E-state index contributed by atoms with van der Waals surface area (Å²) < 4.78 is 11.3. The van der Waals surface area contributed by atoms with E-state index in [0.29, 0.717) is 26.3 Å². The molecule has 0 spiro atoms. The fourth-order valence-corrected chi connectivity index (χ4v) is 3.14. The van der Waals surface area contributed by atoms with Crippen molar-refractivity contribution in [1.29, 1.82) is 0 Å². The van der Waals surface area contributed by atoms with Crippen LogP contribution >= 0.6 is 0 Å². The molecule has 0 unspecified atom stereocenters. The minimum atomic E-state index is -0.434. The van der Waals surface area contributed by atoms with Crippen LogP contribution in [-0.2, 0) is 22.4 Å². The standard InChI is InChI=1S/C17H23NO3/c1-13(17(19)18-9-11-20-12-10-18)21-16-8-4-6-14-5-2-3-7-15(14)16/h4,6,8,13H,2-3,5,7,9-12H2,1H3/t13-/m0/s1. The number of fused-ring (bicyclic) bond motifs is 1. The largest absolute Gasteiger partial charge is 0.481 e. The second-order valence-electron chi connectivity index (χ2n) is 5.80. The molecule has 1 aliphatic carbocycles. The summed E-state index contributed by atoms with van der Waals surface area (Å²) in [6, 6.07) is 6.20. The highest BCUT2D eigenvalue weighted by molar-refractivity contribution is 5.81. The zero-order chi connectivity index (χ0) is 14.7. The van der Waals surface area contributed by atoms with Crippen molar-refractivity contribution in [2.75, 3.05) is 26.3 Å². The van der Waals surface area contributed by atoms with Crippen LogP contribution in [-0.4, -0.2) is 43.2 Å². The first-order valence-electron chi connectivity index (χ1n) is 7.89. The number of hydrogen-bond acceptors (Lipinski definition) is 3. The van der Waals surface area contributed by atoms with Crippen LogP contribution in [0.4, 0.5) is 0 Å². The third-order valence-corrected chi connectivity index (χ3v) is 4.33. The maximum absolute atomic E-state index is 12.4. The maximum Gasteiger partial charge on any atom is 0.263 e. The minimum absolute atomic E-state index is 0.0618. The van der Waals surface area contributed by atoms with Gasteiger partial charge in [-0.05, 0) is 49.8 Å². The molecule has 0 aromatic heterocycles. The van der Waals surface area contributed by atoms with Crippen molar-refractivity contribution in [3.05, 3.63) is 29.3 Å². The van der Waals surface area contributed by atoms with Gasteiger partial charge >= 0.3 is 0 Å². The number of carbonyl (C=O) groups excluding carboxylic acids is 1. The molecule has 1 aromatic carbocycles. The lowest BCUT2D eigenvalue weighted by Crippen LogP contribution is -2.46. The lowest BCUT2D eigenvalue weighted by Gasteiger charge is -2.30. The zero-order valence-corrected chi connectivity index (χ0v) is 12.6. The maximum atomic E-state index is 12.4. The van der Waals surface area contributed by atoms with Crippen LogP contribution in [0.3, 0.4) is 0 Å². The van der Waals surface area contributed by atoms with Gasteiger partial charge in [0.2, 0.25) is 0 Å². The highest BCUT2D eigenvalue weighted by Crippen LogP contribution is 2.30. The van der Waals surface area contributed by atoms with E-state index in [1.165, 1.54) is 24.0 Å². The lowest BCUT2D eigenvalue weighted by molar-refractivity contribution is -0.142. The molecule has 3 rings (SSSR count). The van der Waals surface area contributed by atoms with Crippen molar-refractivity contribution in [2.24, 2.45) is 0 Å². The van der Waals surface area contributed by atoms with Gasteiger partial charge in [-0.15, -0.1) is 0 Å². The Morgan fingerprint density at radius 2 is 2.00 bits per heavy atom. The van der Waals surface area contributed by atoms with Crippen molar-refractivity contribution in [1.82, 2.24) is 4.90 Å². The molecular formula is C17H23NO3. The van der Waals surface area contributed by atoms with Gasteiger partial charge in [0.25, 0.3) is 5.91 Å². The van der Waals surface area contributed by atoms with Crippen LogP contribution in [0.5, 0.6) is 5.75 Å². The van der Waals surface area contributed by atoms with E-state index >= 15 is 0 Å². The third kappa shape index (κ3) is 3.21. The molecule has 1 amide bonds. The van der Waals surface area contributed by atoms with Gasteiger partial charge in [0.05, 0.1) is 13.2 Å². The van der Waals surface area contributed by atoms with E-state index in [-0.39, 0.29) is 5.91 Å². The predicted molar refractivity (Wildman–Crippen MR) is 80.6 cm³/mol. The second kappa shape index (κ2) is 6.48. The number of benzene rings is 1. The SMILES string of the molecule is C[C@H](Oc1cccc2c1CCCC2)C(=O)N1CCOCC1. The topological polar surface area (TPSA) is 38.8 Å². The lowest BCUT2D eigenvalue weighted by atomic mass is 9.91. The number of nitrogens with zero attached hydrogens (tertiary/aromatic N) is 1. The van der Waals surface area contributed by atoms with Crippen molar-refractivity contribution >= 4 is 5.91 Å². The van der Waals surface area contributed by atoms with E-state index in [1.807, 2.05) is 24.0 Å². The van der Waals surface area contributed by atoms with Crippen molar-refractivity contribution in [2.45, 2.75) is 38.7 Å². The van der Waals surface area contributed by atoms with E-state index in [9.17, 15) is 4.79 Å². The van der Waals surface area contributed by atoms with Gasteiger partial charge in [-0.1, -0.05) is 12.1 Å². The number of carbonyl (C=O) groups is 1. The van der Waals surface area contributed by atoms with E-state index in [1.54, 1.807) is 0 Å². The first-order valence-corrected chi connectivity index (χ1v) is 7.89. The zero-order valence-electron chi connectivity index (χ0n) is 12.6. The van der Waals surface area contributed by atoms with Crippen LogP contribution in [0.2, 0.25) is 0 Å². The van der Waals surface area contributed by atoms with Crippen LogP contribution in [0.1, 0.15) is 30.9 Å². The van der Waals surface area contributed by atoms with Crippen LogP contribution in [0.25, 0.3) is 0 Å². The fourth-order valence-electron chi connectivity index (χ4n) is 3.14. The number of rotatable bonds is 3. The van der Waals surface area contributed by atoms with Crippen LogP contribution < -0.4 is 4.74 Å². The Bertz CT molecular complexity index is 509. The molecule has 0 N–H and O–H groups in total. The molecule has 4 nitrogen and oxygen atoms in total. The second-order valence-corrected chi connectivity index (χ2v) is 5.80. The van der Waals surface area contributed by atoms with Crippen molar-refractivity contribution < 1.29 is 14.3 Å². The Labute approximate surface area is 126 Å². The Morgan fingerprint density at radius 1 is 1.24 bits per heavy atom. The Hall–Kier alpha value is -1.55. The summed E-state index contributed by atoms with van der Waals surface area (Å²) in [6.07, 6.45) is 4.21. The number of aryl methyl sites for hydroxylation is 1. The summed E-state index contributed by atoms with van der Waals surface area (Å²) >= 11 is 0. The highest BCUT2D eigenvalue weighted by Gasteiger charge is 2.25. The molecule has 2 aliphatic rings. The molecule has 1 atom stereocenters. The Kier molecular flexibility index (Phi) is 4.44. The van der Waals surface area contributed by atoms with E-state index in [4.69, 9.17) is 9.47 Å². The van der Waals surface area contributed by atoms with Gasteiger partial charge in [-0.2, -0.15) is 0 Å². The predicted octanol–water partition coefficient (Wildman–Crippen LogP) is 2.19. The van der Waals surface area contributed by atoms with E-state index in [2.05, 4.69) is 6.07 Å². The third-order valence-electron chi connectivity index (χ3n) is 4.33. The van der Waals surface area contributed by atoms with Crippen molar-refractivity contribution in [3.63, 3.8) is 0 Å². The first kappa shape index (κ1) is 14.4. The van der Waals surface area contributed by atoms with E-state index in [0.717, 1.165) is 18.6 Å². The normalized spacial score (nSPS) is 19.8. The van der Waals surface area contributed by atoms with Gasteiger partial charge < -0.3 is 14.4 Å². The summed E-state index contributed by atoms with van der Waals surface area (Å²) in [4.78, 5) is 14.3. The quantitative estimate of drug-likeness (QED) is 0.856. The van der Waals surface area contributed by atoms with E-state index < -0.39 is 6.10 Å². The molecular weight excluding hydrogens is 266 g/mol. The van der Waals surface area contributed by atoms with Gasteiger partial charge in [-0.25, -0.2) is 0 Å². The summed E-state index contributed by atoms with van der Waals surface area (Å²) in [5, 5.41) is 0. The van der Waals surface area contributed by atoms with Gasteiger partial charge in [0.1, 0.15) is 5.75 Å². The molecule has 0 bridgehead atoms. The molecule has 21 heavy (non-hydrogen) atoms. The van der Waals surface area contributed by atoms with Crippen molar-refractivity contribution in [3.8, 4) is 5.75 Å². The molecule has 4 heteroatoms. The number of ether oxygens (including phenoxy) is 2. The molecule has 114 valence electrons. The Morgan fingerprint density at radius 3 is 2.81 bits per heavy atom. The van der Waals surface area contributed by atoms with Gasteiger partial charge in [0.15, 0.2) is 6.10 Å². The molecule has 1 heterocycles. The number of amides is 1. The smallest absolute Gasteiger partial charge is 0.263 e. The highest BCUT2D eigenvalue weighted by atomic mass is 16.5. The molecule has 1 aromatic rings. The first-order chi connectivity index (χ1) is 10.3. The molecule has 1 fully saturated rings. The number of hydrogen-bond donors (Lipinski definition) is 0. The number of morpholine rings is 1. The molecule has 1 aliphatic heterocycles. The average Bonchev–Trinajstić information content (AvgIpc) is 2.55. The minimum Gasteiger partial charge on any atom is -0.481 e. The average molecular weight is 289 g/mol. The monoisotopic (exact) mass is 289 g/mol. The summed E-state index contributed by atoms with van der Waals surface area (Å²) in [7, 11) is 0. The molecule has 0 saturated carbocycles. The summed E-state index contributed by atoms with van der Waals surface area (Å²) in [6.45, 7) is 4.43. The fraction of sp³-hybridized carbons (Fsp3) is 0.588. The summed E-state index contributed by atoms with van der Waals surface area (Å²) in [5.74, 6) is 0.952. The van der Waals surface area contributed by atoms with Gasteiger partial charge in [0, 0.05) is 13.1 Å². The van der Waals surface area contributed by atoms with Crippen LogP contribution in [0.15, 0.2) is 18.2 Å².